The molecular weight excluding hydrogens is 460 g/mol. The van der Waals surface area contributed by atoms with Crippen molar-refractivity contribution in [2.75, 3.05) is 39.3 Å². The van der Waals surface area contributed by atoms with Crippen LogP contribution in [0.15, 0.2) is 24.3 Å². The van der Waals surface area contributed by atoms with E-state index < -0.39 is 18.2 Å². The number of piperidine rings is 2. The molecule has 2 aliphatic heterocycles. The first-order chi connectivity index (χ1) is 16.9. The van der Waals surface area contributed by atoms with E-state index in [-0.39, 0.29) is 35.7 Å². The van der Waals surface area contributed by atoms with Gasteiger partial charge in [0.25, 0.3) is 0 Å². The summed E-state index contributed by atoms with van der Waals surface area (Å²) in [6.45, 7) is 11.6. The number of aliphatic hydroxyl groups is 1. The number of rotatable bonds is 9. The van der Waals surface area contributed by atoms with Crippen LogP contribution in [0, 0.1) is 34.5 Å². The minimum atomic E-state index is -1.17. The Hall–Kier alpha value is -2.83. The molecule has 2 fully saturated rings. The van der Waals surface area contributed by atoms with Crippen LogP contribution in [-0.4, -0.2) is 83.5 Å². The van der Waals surface area contributed by atoms with Crippen molar-refractivity contribution in [2.24, 2.45) is 23.2 Å². The lowest BCUT2D eigenvalue weighted by Crippen LogP contribution is -2.59. The molecule has 198 valence electrons. The van der Waals surface area contributed by atoms with Crippen molar-refractivity contribution in [1.29, 1.82) is 5.26 Å². The van der Waals surface area contributed by atoms with Gasteiger partial charge < -0.3 is 25.2 Å². The first kappa shape index (κ1) is 27.8. The lowest BCUT2D eigenvalue weighted by molar-refractivity contribution is -0.139. The van der Waals surface area contributed by atoms with Gasteiger partial charge in [-0.25, -0.2) is 4.79 Å². The summed E-state index contributed by atoms with van der Waals surface area (Å²) in [6.07, 6.45) is -0.0536. The van der Waals surface area contributed by atoms with Gasteiger partial charge in [-0.2, -0.15) is 5.26 Å². The Balaban J connectivity index is 1.52. The highest BCUT2D eigenvalue weighted by molar-refractivity contribution is 5.85. The summed E-state index contributed by atoms with van der Waals surface area (Å²) < 4.78 is 5.67. The summed E-state index contributed by atoms with van der Waals surface area (Å²) in [5, 5.41) is 31.3. The second-order valence-corrected chi connectivity index (χ2v) is 11.7. The zero-order chi connectivity index (χ0) is 26.5. The number of benzene rings is 1. The highest BCUT2D eigenvalue weighted by Gasteiger charge is 2.40. The molecule has 0 radical (unpaired) electrons. The second-order valence-electron chi connectivity index (χ2n) is 11.7. The Morgan fingerprint density at radius 3 is 2.31 bits per heavy atom. The summed E-state index contributed by atoms with van der Waals surface area (Å²) in [7, 11) is 0. The quantitative estimate of drug-likeness (QED) is 0.476. The van der Waals surface area contributed by atoms with Gasteiger partial charge in [0.15, 0.2) is 0 Å². The van der Waals surface area contributed by atoms with E-state index in [0.29, 0.717) is 30.9 Å². The normalized spacial score (nSPS) is 22.7. The molecule has 0 spiro atoms. The van der Waals surface area contributed by atoms with Crippen molar-refractivity contribution in [1.82, 2.24) is 15.1 Å². The molecule has 2 heterocycles. The van der Waals surface area contributed by atoms with Crippen molar-refractivity contribution in [3.05, 3.63) is 29.8 Å². The van der Waals surface area contributed by atoms with Crippen LogP contribution in [0.25, 0.3) is 0 Å². The fourth-order valence-corrected chi connectivity index (χ4v) is 5.75. The number of likely N-dealkylation sites (tertiary alicyclic amines) is 2. The highest BCUT2D eigenvalue weighted by Crippen LogP contribution is 2.31. The minimum absolute atomic E-state index is 0.0122. The SMILES string of the molecule is CC(CC(C)(C)C)[C@H](NC(=O)O)C(=O)N1CC2CC(CN(C[C@H](O)COc3ccc(C#N)cc3)C2)C1. The topological polar surface area (TPSA) is 126 Å². The number of β-amino-alcohol motifs (C(OH)–C–C–N with tert-alkyl or cyclic N) is 1. The van der Waals surface area contributed by atoms with Gasteiger partial charge in [0.05, 0.1) is 11.6 Å². The molecule has 0 aliphatic carbocycles. The first-order valence-corrected chi connectivity index (χ1v) is 12.7. The third-order valence-corrected chi connectivity index (χ3v) is 6.91. The molecule has 2 saturated heterocycles. The number of carboxylic acid groups (broad SMARTS) is 1. The first-order valence-electron chi connectivity index (χ1n) is 12.7. The number of nitrogens with one attached hydrogen (secondary N) is 1. The van der Waals surface area contributed by atoms with Gasteiger partial charge in [0.1, 0.15) is 24.5 Å². The minimum Gasteiger partial charge on any atom is -0.491 e. The van der Waals surface area contributed by atoms with Crippen molar-refractivity contribution < 1.29 is 24.5 Å². The van der Waals surface area contributed by atoms with Crippen LogP contribution in [0.1, 0.15) is 46.1 Å². The summed E-state index contributed by atoms with van der Waals surface area (Å²) in [5.41, 5.74) is 0.547. The molecule has 2 bridgehead atoms. The van der Waals surface area contributed by atoms with E-state index in [9.17, 15) is 19.8 Å². The number of nitrogens with zero attached hydrogens (tertiary/aromatic N) is 3. The average Bonchev–Trinajstić information content (AvgIpc) is 2.79. The summed E-state index contributed by atoms with van der Waals surface area (Å²) in [6, 6.07) is 8.11. The van der Waals surface area contributed by atoms with E-state index in [1.54, 1.807) is 24.3 Å². The van der Waals surface area contributed by atoms with Crippen molar-refractivity contribution in [3.63, 3.8) is 0 Å². The number of carbonyl (C=O) groups is 2. The molecule has 3 unspecified atom stereocenters. The average molecular weight is 501 g/mol. The zero-order valence-corrected chi connectivity index (χ0v) is 21.8. The van der Waals surface area contributed by atoms with Crippen LogP contribution in [0.4, 0.5) is 4.79 Å². The van der Waals surface area contributed by atoms with Crippen LogP contribution >= 0.6 is 0 Å². The van der Waals surface area contributed by atoms with E-state index in [4.69, 9.17) is 10.00 Å². The molecule has 36 heavy (non-hydrogen) atoms. The number of carbonyl (C=O) groups excluding carboxylic acids is 1. The largest absolute Gasteiger partial charge is 0.491 e. The molecular formula is C27H40N4O5. The van der Waals surface area contributed by atoms with Crippen LogP contribution in [0.5, 0.6) is 5.75 Å². The third-order valence-electron chi connectivity index (χ3n) is 6.91. The highest BCUT2D eigenvalue weighted by atomic mass is 16.5. The lowest BCUT2D eigenvalue weighted by atomic mass is 9.80. The van der Waals surface area contributed by atoms with Gasteiger partial charge in [-0.05, 0) is 60.3 Å². The number of hydrogen-bond acceptors (Lipinski definition) is 6. The van der Waals surface area contributed by atoms with E-state index >= 15 is 0 Å². The number of nitriles is 1. The number of hydrogen-bond donors (Lipinski definition) is 3. The Morgan fingerprint density at radius 1 is 1.17 bits per heavy atom. The standard InChI is InChI=1S/C27H40N4O5/c1-18(10-27(2,3)4)24(29-26(34)35)25(33)31-14-20-9-21(15-31)13-30(12-20)16-22(32)17-36-23-7-5-19(11-28)6-8-23/h5-8,18,20-22,24,29,32H,9-10,12-17H2,1-4H3,(H,34,35)/t18?,20?,21?,22-,24-/m0/s1. The number of fused-ring (bicyclic) bond motifs is 2. The summed E-state index contributed by atoms with van der Waals surface area (Å²) in [4.78, 5) is 29.0. The van der Waals surface area contributed by atoms with Gasteiger partial charge in [0.2, 0.25) is 5.91 Å². The number of ether oxygens (including phenoxy) is 1. The molecule has 1 aromatic rings. The smallest absolute Gasteiger partial charge is 0.405 e. The van der Waals surface area contributed by atoms with E-state index in [0.717, 1.165) is 25.9 Å². The fourth-order valence-electron chi connectivity index (χ4n) is 5.75. The number of amides is 2. The van der Waals surface area contributed by atoms with Crippen LogP contribution in [0.2, 0.25) is 0 Å². The zero-order valence-electron chi connectivity index (χ0n) is 21.8. The maximum atomic E-state index is 13.4. The van der Waals surface area contributed by atoms with E-state index in [2.05, 4.69) is 37.1 Å². The van der Waals surface area contributed by atoms with E-state index in [1.165, 1.54) is 0 Å². The second kappa shape index (κ2) is 11.9. The molecule has 1 aromatic carbocycles. The summed E-state index contributed by atoms with van der Waals surface area (Å²) in [5.74, 6) is 0.946. The Kier molecular flexibility index (Phi) is 9.20. The van der Waals surface area contributed by atoms with Crippen LogP contribution in [-0.2, 0) is 4.79 Å². The van der Waals surface area contributed by atoms with E-state index in [1.807, 2.05) is 11.8 Å². The lowest BCUT2D eigenvalue weighted by Gasteiger charge is -2.47. The monoisotopic (exact) mass is 500 g/mol. The van der Waals surface area contributed by atoms with Gasteiger partial charge in [-0.15, -0.1) is 0 Å². The Morgan fingerprint density at radius 2 is 1.78 bits per heavy atom. The van der Waals surface area contributed by atoms with Crippen molar-refractivity contribution >= 4 is 12.0 Å². The molecule has 9 heteroatoms. The van der Waals surface area contributed by atoms with Gasteiger partial charge >= 0.3 is 6.09 Å². The van der Waals surface area contributed by atoms with Crippen molar-refractivity contribution in [2.45, 2.75) is 52.7 Å². The van der Waals surface area contributed by atoms with Gasteiger partial charge in [-0.3, -0.25) is 9.69 Å². The van der Waals surface area contributed by atoms with Gasteiger partial charge in [-0.1, -0.05) is 27.7 Å². The van der Waals surface area contributed by atoms with Crippen LogP contribution in [0.3, 0.4) is 0 Å². The van der Waals surface area contributed by atoms with Gasteiger partial charge in [0, 0.05) is 32.7 Å². The predicted octanol–water partition coefficient (Wildman–Crippen LogP) is 2.79. The molecule has 0 saturated carbocycles. The predicted molar refractivity (Wildman–Crippen MR) is 135 cm³/mol. The molecule has 2 aliphatic rings. The van der Waals surface area contributed by atoms with Crippen LogP contribution < -0.4 is 10.1 Å². The molecule has 3 N–H and O–H groups in total. The maximum absolute atomic E-state index is 13.4. The molecule has 2 amide bonds. The summed E-state index contributed by atoms with van der Waals surface area (Å²) >= 11 is 0. The molecule has 9 nitrogen and oxygen atoms in total. The van der Waals surface area contributed by atoms with Crippen molar-refractivity contribution in [3.8, 4) is 11.8 Å². The Bertz CT molecular complexity index is 925. The maximum Gasteiger partial charge on any atom is 0.405 e. The third kappa shape index (κ3) is 8.10. The fraction of sp³-hybridized carbons (Fsp3) is 0.667. The molecule has 5 atom stereocenters. The molecule has 3 rings (SSSR count). The molecule has 0 aromatic heterocycles. The Labute approximate surface area is 214 Å². The number of aliphatic hydroxyl groups excluding tert-OH is 1.